The summed E-state index contributed by atoms with van der Waals surface area (Å²) in [6, 6.07) is 6.93. The highest BCUT2D eigenvalue weighted by Gasteiger charge is 2.38. The minimum atomic E-state index is -5.08. The number of nitrogens with one attached hydrogen (secondary N) is 1. The Bertz CT molecular complexity index is 752. The third-order valence-electron chi connectivity index (χ3n) is 4.66. The van der Waals surface area contributed by atoms with Crippen LogP contribution in [-0.4, -0.2) is 78.1 Å². The number of carbonyl (C=O) groups is 3. The lowest BCUT2D eigenvalue weighted by Crippen LogP contribution is -2.47. The number of hydrogen-bond donors (Lipinski definition) is 2. The van der Waals surface area contributed by atoms with Gasteiger partial charge in [0.05, 0.1) is 0 Å². The molecule has 0 aliphatic carbocycles. The summed E-state index contributed by atoms with van der Waals surface area (Å²) in [5.41, 5.74) is 0.614. The summed E-state index contributed by atoms with van der Waals surface area (Å²) in [5.74, 6) is -2.16. The van der Waals surface area contributed by atoms with Crippen LogP contribution >= 0.6 is 11.6 Å². The van der Waals surface area contributed by atoms with Gasteiger partial charge in [0.1, 0.15) is 0 Å². The highest BCUT2D eigenvalue weighted by molar-refractivity contribution is 6.30. The van der Waals surface area contributed by atoms with Crippen LogP contribution in [0.2, 0.25) is 5.02 Å². The number of carboxylic acid groups (broad SMARTS) is 1. The summed E-state index contributed by atoms with van der Waals surface area (Å²) in [6.07, 6.45) is -3.79. The van der Waals surface area contributed by atoms with Crippen molar-refractivity contribution in [2.45, 2.75) is 32.9 Å². The second kappa shape index (κ2) is 13.3. The zero-order chi connectivity index (χ0) is 24.3. The van der Waals surface area contributed by atoms with Gasteiger partial charge in [0.25, 0.3) is 5.91 Å². The van der Waals surface area contributed by atoms with Crippen molar-refractivity contribution in [3.8, 4) is 0 Å². The van der Waals surface area contributed by atoms with E-state index in [2.05, 4.69) is 19.2 Å². The van der Waals surface area contributed by atoms with Gasteiger partial charge in [-0.3, -0.25) is 9.59 Å². The second-order valence-corrected chi connectivity index (χ2v) is 8.10. The lowest BCUT2D eigenvalue weighted by Gasteiger charge is -2.29. The Morgan fingerprint density at radius 1 is 1.12 bits per heavy atom. The van der Waals surface area contributed by atoms with E-state index in [9.17, 15) is 22.8 Å². The second-order valence-electron chi connectivity index (χ2n) is 7.67. The van der Waals surface area contributed by atoms with Gasteiger partial charge in [0.2, 0.25) is 5.91 Å². The van der Waals surface area contributed by atoms with Crippen LogP contribution in [0.5, 0.6) is 0 Å². The number of alkyl halides is 3. The van der Waals surface area contributed by atoms with Crippen molar-refractivity contribution in [2.75, 3.05) is 39.3 Å². The molecule has 0 aromatic heterocycles. The summed E-state index contributed by atoms with van der Waals surface area (Å²) in [5, 5.41) is 11.0. The normalized spacial score (nSPS) is 13.9. The van der Waals surface area contributed by atoms with Crippen molar-refractivity contribution in [1.82, 2.24) is 15.1 Å². The molecule has 0 unspecified atom stereocenters. The Balaban J connectivity index is 0.000000633. The van der Waals surface area contributed by atoms with Gasteiger partial charge in [-0.05, 0) is 36.6 Å². The van der Waals surface area contributed by atoms with Crippen LogP contribution in [0.3, 0.4) is 0 Å². The van der Waals surface area contributed by atoms with Crippen molar-refractivity contribution >= 4 is 29.4 Å². The van der Waals surface area contributed by atoms with Crippen molar-refractivity contribution in [3.05, 3.63) is 34.9 Å². The SMILES string of the molecule is CC(C)CCN(CCC(=O)N1CCNCC1)C(=O)c1ccc(Cl)cc1.O=C(O)C(F)(F)F. The first-order valence-electron chi connectivity index (χ1n) is 10.2. The predicted octanol–water partition coefficient (Wildman–Crippen LogP) is 3.28. The zero-order valence-electron chi connectivity index (χ0n) is 18.1. The van der Waals surface area contributed by atoms with Gasteiger partial charge in [-0.2, -0.15) is 13.2 Å². The molecule has 1 fully saturated rings. The highest BCUT2D eigenvalue weighted by atomic mass is 35.5. The Morgan fingerprint density at radius 3 is 2.12 bits per heavy atom. The maximum absolute atomic E-state index is 12.8. The number of piperazine rings is 1. The van der Waals surface area contributed by atoms with E-state index >= 15 is 0 Å². The first-order chi connectivity index (χ1) is 14.9. The van der Waals surface area contributed by atoms with E-state index in [0.29, 0.717) is 36.0 Å². The van der Waals surface area contributed by atoms with Crippen molar-refractivity contribution in [1.29, 1.82) is 0 Å². The molecule has 1 aliphatic heterocycles. The molecule has 0 atom stereocenters. The third kappa shape index (κ3) is 10.3. The van der Waals surface area contributed by atoms with E-state index in [1.807, 2.05) is 4.90 Å². The van der Waals surface area contributed by atoms with Crippen molar-refractivity contribution in [2.24, 2.45) is 5.92 Å². The quantitative estimate of drug-likeness (QED) is 0.626. The molecule has 0 saturated carbocycles. The van der Waals surface area contributed by atoms with E-state index in [1.165, 1.54) is 0 Å². The van der Waals surface area contributed by atoms with Gasteiger partial charge in [-0.25, -0.2) is 4.79 Å². The number of carbonyl (C=O) groups excluding carboxylic acids is 2. The summed E-state index contributed by atoms with van der Waals surface area (Å²) in [4.78, 5) is 37.8. The van der Waals surface area contributed by atoms with E-state index in [1.54, 1.807) is 29.2 Å². The van der Waals surface area contributed by atoms with Crippen molar-refractivity contribution in [3.63, 3.8) is 0 Å². The van der Waals surface area contributed by atoms with Crippen LogP contribution in [0, 0.1) is 5.92 Å². The summed E-state index contributed by atoms with van der Waals surface area (Å²) in [6.45, 7) is 8.56. The fraction of sp³-hybridized carbons (Fsp3) is 0.571. The van der Waals surface area contributed by atoms with Crippen LogP contribution in [0.25, 0.3) is 0 Å². The largest absolute Gasteiger partial charge is 0.490 e. The lowest BCUT2D eigenvalue weighted by atomic mass is 10.1. The molecule has 1 aromatic carbocycles. The third-order valence-corrected chi connectivity index (χ3v) is 4.91. The van der Waals surface area contributed by atoms with Crippen molar-refractivity contribution < 1.29 is 32.7 Å². The van der Waals surface area contributed by atoms with Gasteiger partial charge in [0, 0.05) is 56.3 Å². The first-order valence-corrected chi connectivity index (χ1v) is 10.6. The Morgan fingerprint density at radius 2 is 1.66 bits per heavy atom. The number of carboxylic acids is 1. The number of rotatable bonds is 7. The molecule has 32 heavy (non-hydrogen) atoms. The maximum Gasteiger partial charge on any atom is 0.490 e. The molecule has 0 spiro atoms. The maximum atomic E-state index is 12.8. The molecule has 2 N–H and O–H groups in total. The van der Waals surface area contributed by atoms with Crippen LogP contribution in [0.4, 0.5) is 13.2 Å². The summed E-state index contributed by atoms with van der Waals surface area (Å²) in [7, 11) is 0. The molecule has 180 valence electrons. The van der Waals surface area contributed by atoms with E-state index in [-0.39, 0.29) is 11.8 Å². The Kier molecular flexibility index (Phi) is 11.5. The predicted molar refractivity (Wildman–Crippen MR) is 115 cm³/mol. The molecule has 1 aromatic rings. The van der Waals surface area contributed by atoms with Crippen LogP contribution in [-0.2, 0) is 9.59 Å². The van der Waals surface area contributed by atoms with Crippen LogP contribution in [0.1, 0.15) is 37.0 Å². The van der Waals surface area contributed by atoms with Crippen LogP contribution < -0.4 is 5.32 Å². The van der Waals surface area contributed by atoms with Crippen LogP contribution in [0.15, 0.2) is 24.3 Å². The molecule has 1 heterocycles. The van der Waals surface area contributed by atoms with Gasteiger partial charge in [-0.1, -0.05) is 25.4 Å². The number of hydrogen-bond acceptors (Lipinski definition) is 4. The van der Waals surface area contributed by atoms with Gasteiger partial charge in [0.15, 0.2) is 0 Å². The fourth-order valence-electron chi connectivity index (χ4n) is 2.81. The van der Waals surface area contributed by atoms with Gasteiger partial charge < -0.3 is 20.2 Å². The number of aliphatic carboxylic acids is 1. The Hall–Kier alpha value is -2.33. The van der Waals surface area contributed by atoms with E-state index in [4.69, 9.17) is 21.5 Å². The number of halogens is 4. The lowest BCUT2D eigenvalue weighted by molar-refractivity contribution is -0.192. The number of benzene rings is 1. The number of amides is 2. The fourth-order valence-corrected chi connectivity index (χ4v) is 2.93. The topological polar surface area (TPSA) is 90.0 Å². The minimum absolute atomic E-state index is 0.0366. The summed E-state index contributed by atoms with van der Waals surface area (Å²) < 4.78 is 31.7. The molecular weight excluding hydrogens is 451 g/mol. The molecule has 2 amide bonds. The molecule has 1 saturated heterocycles. The molecule has 2 rings (SSSR count). The first kappa shape index (κ1) is 27.7. The molecule has 0 radical (unpaired) electrons. The average Bonchev–Trinajstić information content (AvgIpc) is 2.74. The van der Waals surface area contributed by atoms with Gasteiger partial charge >= 0.3 is 12.1 Å². The van der Waals surface area contributed by atoms with Gasteiger partial charge in [-0.15, -0.1) is 0 Å². The highest BCUT2D eigenvalue weighted by Crippen LogP contribution is 2.14. The zero-order valence-corrected chi connectivity index (χ0v) is 18.9. The molecule has 7 nitrogen and oxygen atoms in total. The Labute approximate surface area is 190 Å². The van der Waals surface area contributed by atoms with E-state index < -0.39 is 12.1 Å². The average molecular weight is 480 g/mol. The molecule has 1 aliphatic rings. The molecular formula is C21H29ClF3N3O4. The smallest absolute Gasteiger partial charge is 0.475 e. The number of nitrogens with zero attached hydrogens (tertiary/aromatic N) is 2. The van der Waals surface area contributed by atoms with E-state index in [0.717, 1.165) is 32.6 Å². The molecule has 11 heteroatoms. The monoisotopic (exact) mass is 479 g/mol. The standard InChI is InChI=1S/C19H28ClN3O2.C2HF3O2/c1-15(2)7-11-23(19(25)16-3-5-17(20)6-4-16)12-8-18(24)22-13-9-21-10-14-22;3-2(4,5)1(6)7/h3-6,15,21H,7-14H2,1-2H3;(H,6,7). The molecule has 0 bridgehead atoms. The summed E-state index contributed by atoms with van der Waals surface area (Å²) >= 11 is 5.91. The minimum Gasteiger partial charge on any atom is -0.475 e.